The van der Waals surface area contributed by atoms with E-state index >= 15 is 0 Å². The predicted molar refractivity (Wildman–Crippen MR) is 115 cm³/mol. The Bertz CT molecular complexity index is 1100. The van der Waals surface area contributed by atoms with Crippen LogP contribution in [0.5, 0.6) is 5.75 Å². The first-order valence-corrected chi connectivity index (χ1v) is 11.7. The topological polar surface area (TPSA) is 93.8 Å². The van der Waals surface area contributed by atoms with Crippen molar-refractivity contribution < 1.29 is 13.2 Å². The lowest BCUT2D eigenvalue weighted by Gasteiger charge is -2.36. The van der Waals surface area contributed by atoms with Gasteiger partial charge in [0.15, 0.2) is 9.84 Å². The number of hydrogen-bond donors (Lipinski definition) is 0. The first-order valence-electron chi connectivity index (χ1n) is 9.84. The second-order valence-electron chi connectivity index (χ2n) is 7.52. The first-order chi connectivity index (χ1) is 14.2. The van der Waals surface area contributed by atoms with Crippen LogP contribution in [-0.4, -0.2) is 68.0 Å². The standard InChI is InChI=1S/C20H28N4O5S/c1-21-18(15-19(25)22(2)20(21)26)24-12-10-23(11-13-24)9-4-14-29-16-5-7-17(8-6-16)30(3,27)28/h5-8,15H,4,9-14H2,1-3H3. The molecule has 0 aliphatic carbocycles. The van der Waals surface area contributed by atoms with Crippen molar-refractivity contribution in [3.8, 4) is 5.75 Å². The molecule has 1 aliphatic rings. The normalized spacial score (nSPS) is 15.4. The van der Waals surface area contributed by atoms with E-state index in [0.29, 0.717) is 18.2 Å². The molecule has 0 saturated carbocycles. The molecule has 0 bridgehead atoms. The quantitative estimate of drug-likeness (QED) is 0.568. The molecular formula is C20H28N4O5S. The van der Waals surface area contributed by atoms with E-state index in [9.17, 15) is 18.0 Å². The molecule has 0 spiro atoms. The van der Waals surface area contributed by atoms with Crippen LogP contribution in [0.2, 0.25) is 0 Å². The molecule has 3 rings (SSSR count). The molecule has 10 heteroatoms. The zero-order valence-electron chi connectivity index (χ0n) is 17.6. The summed E-state index contributed by atoms with van der Waals surface area (Å²) in [6.07, 6.45) is 2.03. The second kappa shape index (κ2) is 9.05. The molecule has 1 aromatic heterocycles. The van der Waals surface area contributed by atoms with Crippen LogP contribution in [0.4, 0.5) is 5.82 Å². The van der Waals surface area contributed by atoms with E-state index in [1.807, 2.05) is 0 Å². The Morgan fingerprint density at radius 3 is 2.20 bits per heavy atom. The molecule has 0 N–H and O–H groups in total. The monoisotopic (exact) mass is 436 g/mol. The fraction of sp³-hybridized carbons (Fsp3) is 0.500. The Kier molecular flexibility index (Phi) is 6.67. The summed E-state index contributed by atoms with van der Waals surface area (Å²) < 4.78 is 31.3. The van der Waals surface area contributed by atoms with E-state index in [-0.39, 0.29) is 16.1 Å². The zero-order valence-corrected chi connectivity index (χ0v) is 18.4. The third-order valence-electron chi connectivity index (χ3n) is 5.34. The van der Waals surface area contributed by atoms with Gasteiger partial charge in [0, 0.05) is 59.1 Å². The summed E-state index contributed by atoms with van der Waals surface area (Å²) in [5, 5.41) is 0. The van der Waals surface area contributed by atoms with E-state index in [1.165, 1.54) is 23.9 Å². The summed E-state index contributed by atoms with van der Waals surface area (Å²) in [7, 11) is -0.0327. The van der Waals surface area contributed by atoms with E-state index in [4.69, 9.17) is 4.74 Å². The molecule has 0 amide bonds. The lowest BCUT2D eigenvalue weighted by molar-refractivity contribution is 0.224. The Labute approximate surface area is 176 Å². The van der Waals surface area contributed by atoms with Crippen molar-refractivity contribution in [3.63, 3.8) is 0 Å². The van der Waals surface area contributed by atoms with E-state index in [0.717, 1.165) is 43.7 Å². The number of rotatable bonds is 7. The summed E-state index contributed by atoms with van der Waals surface area (Å²) >= 11 is 0. The molecule has 2 aromatic rings. The van der Waals surface area contributed by atoms with Gasteiger partial charge in [0.1, 0.15) is 11.6 Å². The molecular weight excluding hydrogens is 408 g/mol. The SMILES string of the molecule is Cn1c(N2CCN(CCCOc3ccc(S(C)(=O)=O)cc3)CC2)cc(=O)n(C)c1=O. The molecule has 30 heavy (non-hydrogen) atoms. The van der Waals surface area contributed by atoms with Gasteiger partial charge in [-0.15, -0.1) is 0 Å². The highest BCUT2D eigenvalue weighted by Crippen LogP contribution is 2.16. The maximum Gasteiger partial charge on any atom is 0.332 e. The Hall–Kier alpha value is -2.59. The summed E-state index contributed by atoms with van der Waals surface area (Å²) in [6, 6.07) is 7.95. The van der Waals surface area contributed by atoms with Crippen molar-refractivity contribution in [1.82, 2.24) is 14.0 Å². The van der Waals surface area contributed by atoms with Crippen LogP contribution in [0.25, 0.3) is 0 Å². The highest BCUT2D eigenvalue weighted by molar-refractivity contribution is 7.90. The van der Waals surface area contributed by atoms with Gasteiger partial charge in [0.05, 0.1) is 11.5 Å². The second-order valence-corrected chi connectivity index (χ2v) is 9.53. The molecule has 1 aliphatic heterocycles. The van der Waals surface area contributed by atoms with Gasteiger partial charge in [-0.05, 0) is 30.7 Å². The van der Waals surface area contributed by atoms with Crippen molar-refractivity contribution >= 4 is 15.7 Å². The van der Waals surface area contributed by atoms with Gasteiger partial charge in [-0.1, -0.05) is 0 Å². The average Bonchev–Trinajstić information content (AvgIpc) is 2.72. The number of sulfone groups is 1. The van der Waals surface area contributed by atoms with Gasteiger partial charge in [0.2, 0.25) is 0 Å². The van der Waals surface area contributed by atoms with Crippen LogP contribution in [0, 0.1) is 0 Å². The van der Waals surface area contributed by atoms with Crippen LogP contribution >= 0.6 is 0 Å². The smallest absolute Gasteiger partial charge is 0.332 e. The molecule has 1 fully saturated rings. The highest BCUT2D eigenvalue weighted by atomic mass is 32.2. The minimum Gasteiger partial charge on any atom is -0.494 e. The zero-order chi connectivity index (χ0) is 21.9. The van der Waals surface area contributed by atoms with Gasteiger partial charge in [0.25, 0.3) is 5.56 Å². The van der Waals surface area contributed by atoms with Crippen molar-refractivity contribution in [1.29, 1.82) is 0 Å². The van der Waals surface area contributed by atoms with Crippen LogP contribution in [0.15, 0.2) is 44.8 Å². The number of ether oxygens (including phenoxy) is 1. The molecule has 0 radical (unpaired) electrons. The predicted octanol–water partition coefficient (Wildman–Crippen LogP) is 0.0786. The average molecular weight is 437 g/mol. The third kappa shape index (κ3) is 5.11. The van der Waals surface area contributed by atoms with Crippen molar-refractivity contribution in [3.05, 3.63) is 51.2 Å². The van der Waals surface area contributed by atoms with Gasteiger partial charge >= 0.3 is 5.69 Å². The highest BCUT2D eigenvalue weighted by Gasteiger charge is 2.20. The maximum atomic E-state index is 12.1. The van der Waals surface area contributed by atoms with Gasteiger partial charge in [-0.25, -0.2) is 13.2 Å². The van der Waals surface area contributed by atoms with E-state index in [2.05, 4.69) is 9.80 Å². The number of benzene rings is 1. The van der Waals surface area contributed by atoms with Gasteiger partial charge in [-0.2, -0.15) is 0 Å². The van der Waals surface area contributed by atoms with Crippen molar-refractivity contribution in [2.75, 3.05) is 50.5 Å². The summed E-state index contributed by atoms with van der Waals surface area (Å²) in [5.74, 6) is 1.31. The van der Waals surface area contributed by atoms with Crippen LogP contribution in [0.3, 0.4) is 0 Å². The lowest BCUT2D eigenvalue weighted by atomic mass is 10.3. The number of piperazine rings is 1. The van der Waals surface area contributed by atoms with Crippen molar-refractivity contribution in [2.45, 2.75) is 11.3 Å². The Morgan fingerprint density at radius 1 is 0.967 bits per heavy atom. The summed E-state index contributed by atoms with van der Waals surface area (Å²) in [4.78, 5) is 28.7. The third-order valence-corrected chi connectivity index (χ3v) is 6.46. The fourth-order valence-corrected chi connectivity index (χ4v) is 4.12. The van der Waals surface area contributed by atoms with Crippen LogP contribution < -0.4 is 20.9 Å². The summed E-state index contributed by atoms with van der Waals surface area (Å²) in [6.45, 7) is 4.59. The largest absolute Gasteiger partial charge is 0.494 e. The molecule has 9 nitrogen and oxygen atoms in total. The Morgan fingerprint density at radius 2 is 1.60 bits per heavy atom. The molecule has 0 unspecified atom stereocenters. The summed E-state index contributed by atoms with van der Waals surface area (Å²) in [5.41, 5.74) is -0.612. The number of anilines is 1. The molecule has 2 heterocycles. The van der Waals surface area contributed by atoms with Crippen LogP contribution in [-0.2, 0) is 23.9 Å². The lowest BCUT2D eigenvalue weighted by Crippen LogP contribution is -2.49. The first kappa shape index (κ1) is 22.1. The molecule has 164 valence electrons. The fourth-order valence-electron chi connectivity index (χ4n) is 3.49. The number of aromatic nitrogens is 2. The van der Waals surface area contributed by atoms with Crippen molar-refractivity contribution in [2.24, 2.45) is 14.1 Å². The maximum absolute atomic E-state index is 12.1. The van der Waals surface area contributed by atoms with Crippen LogP contribution in [0.1, 0.15) is 6.42 Å². The number of hydrogen-bond acceptors (Lipinski definition) is 7. The van der Waals surface area contributed by atoms with E-state index in [1.54, 1.807) is 31.3 Å². The van der Waals surface area contributed by atoms with Gasteiger partial charge < -0.3 is 9.64 Å². The number of nitrogens with zero attached hydrogens (tertiary/aromatic N) is 4. The van der Waals surface area contributed by atoms with Gasteiger partial charge in [-0.3, -0.25) is 18.8 Å². The molecule has 1 aromatic carbocycles. The Balaban J connectivity index is 1.45. The minimum atomic E-state index is -3.20. The van der Waals surface area contributed by atoms with E-state index < -0.39 is 9.84 Å². The molecule has 1 saturated heterocycles. The minimum absolute atomic E-state index is 0.279. The molecule has 0 atom stereocenters.